The van der Waals surface area contributed by atoms with Gasteiger partial charge in [-0.1, -0.05) is 11.6 Å². The third kappa shape index (κ3) is 3.22. The predicted molar refractivity (Wildman–Crippen MR) is 84.6 cm³/mol. The predicted octanol–water partition coefficient (Wildman–Crippen LogP) is 3.24. The van der Waals surface area contributed by atoms with Crippen molar-refractivity contribution in [1.82, 2.24) is 0 Å². The molecule has 0 unspecified atom stereocenters. The molecular formula is C15H16ClN3O. The zero-order chi connectivity index (χ0) is 14.7. The van der Waals surface area contributed by atoms with Crippen molar-refractivity contribution in [2.45, 2.75) is 0 Å². The van der Waals surface area contributed by atoms with Gasteiger partial charge in [0, 0.05) is 31.0 Å². The third-order valence-corrected chi connectivity index (χ3v) is 3.16. The zero-order valence-electron chi connectivity index (χ0n) is 11.4. The molecule has 0 spiro atoms. The number of halogens is 1. The van der Waals surface area contributed by atoms with Crippen LogP contribution >= 0.6 is 11.6 Å². The molecule has 0 saturated heterocycles. The van der Waals surface area contributed by atoms with E-state index in [0.29, 0.717) is 22.0 Å². The smallest absolute Gasteiger partial charge is 0.255 e. The molecule has 104 valence electrons. The molecule has 2 aromatic rings. The summed E-state index contributed by atoms with van der Waals surface area (Å²) in [5.74, 6) is -0.196. The average molecular weight is 290 g/mol. The summed E-state index contributed by atoms with van der Waals surface area (Å²) in [5.41, 5.74) is 8.32. The third-order valence-electron chi connectivity index (χ3n) is 2.86. The summed E-state index contributed by atoms with van der Waals surface area (Å²) in [6, 6.07) is 12.2. The highest BCUT2D eigenvalue weighted by molar-refractivity contribution is 6.33. The number of hydrogen-bond donors (Lipinski definition) is 2. The Labute approximate surface area is 123 Å². The number of hydrogen-bond acceptors (Lipinski definition) is 3. The Morgan fingerprint density at radius 1 is 1.15 bits per heavy atom. The Hall–Kier alpha value is -2.20. The highest BCUT2D eigenvalue weighted by atomic mass is 35.5. The van der Waals surface area contributed by atoms with Crippen LogP contribution in [0.1, 0.15) is 10.4 Å². The molecule has 0 aliphatic rings. The summed E-state index contributed by atoms with van der Waals surface area (Å²) < 4.78 is 0. The number of carbonyl (C=O) groups excluding carboxylic acids is 1. The van der Waals surface area contributed by atoms with Crippen molar-refractivity contribution < 1.29 is 4.79 Å². The Bertz CT molecular complexity index is 624. The molecule has 3 N–H and O–H groups in total. The van der Waals surface area contributed by atoms with Gasteiger partial charge in [0.15, 0.2) is 0 Å². The van der Waals surface area contributed by atoms with Gasteiger partial charge in [-0.3, -0.25) is 4.79 Å². The number of rotatable bonds is 3. The molecule has 0 heterocycles. The van der Waals surface area contributed by atoms with Crippen LogP contribution in [0, 0.1) is 0 Å². The second-order valence-electron chi connectivity index (χ2n) is 4.64. The zero-order valence-corrected chi connectivity index (χ0v) is 12.1. The maximum atomic E-state index is 12.1. The van der Waals surface area contributed by atoms with E-state index in [0.717, 1.165) is 5.69 Å². The van der Waals surface area contributed by atoms with Gasteiger partial charge in [0.2, 0.25) is 0 Å². The van der Waals surface area contributed by atoms with Gasteiger partial charge in [-0.15, -0.1) is 0 Å². The van der Waals surface area contributed by atoms with Crippen LogP contribution in [0.15, 0.2) is 42.5 Å². The number of nitrogens with two attached hydrogens (primary N) is 1. The van der Waals surface area contributed by atoms with Crippen molar-refractivity contribution in [2.75, 3.05) is 30.0 Å². The fourth-order valence-electron chi connectivity index (χ4n) is 1.79. The van der Waals surface area contributed by atoms with Gasteiger partial charge in [0.05, 0.1) is 10.7 Å². The molecule has 20 heavy (non-hydrogen) atoms. The maximum Gasteiger partial charge on any atom is 0.255 e. The molecule has 0 fully saturated rings. The molecule has 0 bridgehead atoms. The number of amides is 1. The first kappa shape index (κ1) is 14.2. The summed E-state index contributed by atoms with van der Waals surface area (Å²) in [6.07, 6.45) is 0. The summed E-state index contributed by atoms with van der Waals surface area (Å²) in [7, 11) is 3.82. The van der Waals surface area contributed by atoms with Gasteiger partial charge < -0.3 is 16.0 Å². The second-order valence-corrected chi connectivity index (χ2v) is 5.04. The average Bonchev–Trinajstić information content (AvgIpc) is 2.39. The minimum atomic E-state index is -0.196. The van der Waals surface area contributed by atoms with Crippen LogP contribution in [0.2, 0.25) is 5.02 Å². The van der Waals surface area contributed by atoms with E-state index in [2.05, 4.69) is 5.32 Å². The van der Waals surface area contributed by atoms with Crippen LogP contribution in [-0.4, -0.2) is 20.0 Å². The molecule has 0 saturated carbocycles. The Balaban J connectivity index is 2.16. The van der Waals surface area contributed by atoms with Crippen LogP contribution < -0.4 is 16.0 Å². The van der Waals surface area contributed by atoms with E-state index in [-0.39, 0.29) is 5.91 Å². The molecule has 1 amide bonds. The molecule has 2 aromatic carbocycles. The standard InChI is InChI=1S/C15H16ClN3O/c1-19(2)14-8-7-12(9-13(14)16)18-15(20)10-3-5-11(17)6-4-10/h3-9H,17H2,1-2H3,(H,18,20). The maximum absolute atomic E-state index is 12.1. The minimum absolute atomic E-state index is 0.196. The second kappa shape index (κ2) is 5.84. The number of anilines is 3. The molecule has 2 rings (SSSR count). The SMILES string of the molecule is CN(C)c1ccc(NC(=O)c2ccc(N)cc2)cc1Cl. The highest BCUT2D eigenvalue weighted by Crippen LogP contribution is 2.27. The lowest BCUT2D eigenvalue weighted by Crippen LogP contribution is -2.13. The van der Waals surface area contributed by atoms with Crippen LogP contribution in [-0.2, 0) is 0 Å². The van der Waals surface area contributed by atoms with Gasteiger partial charge in [0.1, 0.15) is 0 Å². The number of nitrogens with zero attached hydrogens (tertiary/aromatic N) is 1. The molecule has 4 nitrogen and oxygen atoms in total. The lowest BCUT2D eigenvalue weighted by Gasteiger charge is -2.15. The molecule has 5 heteroatoms. The molecule has 0 atom stereocenters. The molecule has 0 aliphatic heterocycles. The van der Waals surface area contributed by atoms with E-state index in [1.165, 1.54) is 0 Å². The van der Waals surface area contributed by atoms with Crippen molar-refractivity contribution in [1.29, 1.82) is 0 Å². The topological polar surface area (TPSA) is 58.4 Å². The van der Waals surface area contributed by atoms with Gasteiger partial charge in [0.25, 0.3) is 5.91 Å². The van der Waals surface area contributed by atoms with E-state index in [9.17, 15) is 4.79 Å². The molecular weight excluding hydrogens is 274 g/mol. The van der Waals surface area contributed by atoms with Gasteiger partial charge in [-0.2, -0.15) is 0 Å². The first-order valence-electron chi connectivity index (χ1n) is 6.11. The number of carbonyl (C=O) groups is 1. The lowest BCUT2D eigenvalue weighted by molar-refractivity contribution is 0.102. The summed E-state index contributed by atoms with van der Waals surface area (Å²) >= 11 is 6.17. The van der Waals surface area contributed by atoms with Crippen molar-refractivity contribution in [3.63, 3.8) is 0 Å². The Morgan fingerprint density at radius 2 is 1.80 bits per heavy atom. The van der Waals surface area contributed by atoms with Crippen LogP contribution in [0.5, 0.6) is 0 Å². The van der Waals surface area contributed by atoms with Crippen LogP contribution in [0.4, 0.5) is 17.1 Å². The normalized spacial score (nSPS) is 10.2. The fourth-order valence-corrected chi connectivity index (χ4v) is 2.13. The van der Waals surface area contributed by atoms with Crippen LogP contribution in [0.3, 0.4) is 0 Å². The lowest BCUT2D eigenvalue weighted by atomic mass is 10.2. The highest BCUT2D eigenvalue weighted by Gasteiger charge is 2.08. The van der Waals surface area contributed by atoms with E-state index in [4.69, 9.17) is 17.3 Å². The first-order chi connectivity index (χ1) is 9.47. The number of benzene rings is 2. The van der Waals surface area contributed by atoms with Crippen LogP contribution in [0.25, 0.3) is 0 Å². The van der Waals surface area contributed by atoms with Gasteiger partial charge in [-0.05, 0) is 42.5 Å². The van der Waals surface area contributed by atoms with Crippen molar-refractivity contribution in [3.05, 3.63) is 53.1 Å². The van der Waals surface area contributed by atoms with Crippen molar-refractivity contribution >= 4 is 34.6 Å². The Kier molecular flexibility index (Phi) is 4.15. The summed E-state index contributed by atoms with van der Waals surface area (Å²) in [4.78, 5) is 14.0. The Morgan fingerprint density at radius 3 is 2.35 bits per heavy atom. The van der Waals surface area contributed by atoms with E-state index >= 15 is 0 Å². The number of nitrogens with one attached hydrogen (secondary N) is 1. The summed E-state index contributed by atoms with van der Waals surface area (Å²) in [5, 5.41) is 3.39. The fraction of sp³-hybridized carbons (Fsp3) is 0.133. The van der Waals surface area contributed by atoms with Gasteiger partial charge in [-0.25, -0.2) is 0 Å². The molecule has 0 aliphatic carbocycles. The first-order valence-corrected chi connectivity index (χ1v) is 6.49. The summed E-state index contributed by atoms with van der Waals surface area (Å²) in [6.45, 7) is 0. The quantitative estimate of drug-likeness (QED) is 0.853. The van der Waals surface area contributed by atoms with Crippen molar-refractivity contribution in [2.24, 2.45) is 0 Å². The molecule has 0 aromatic heterocycles. The van der Waals surface area contributed by atoms with Crippen molar-refractivity contribution in [3.8, 4) is 0 Å². The number of nitrogen functional groups attached to an aromatic ring is 1. The molecule has 0 radical (unpaired) electrons. The van der Waals surface area contributed by atoms with E-state index < -0.39 is 0 Å². The van der Waals surface area contributed by atoms with E-state index in [1.807, 2.05) is 31.1 Å². The largest absolute Gasteiger partial charge is 0.399 e. The monoisotopic (exact) mass is 289 g/mol. The minimum Gasteiger partial charge on any atom is -0.399 e. The van der Waals surface area contributed by atoms with Gasteiger partial charge >= 0.3 is 0 Å². The van der Waals surface area contributed by atoms with E-state index in [1.54, 1.807) is 30.3 Å².